The van der Waals surface area contributed by atoms with Crippen molar-refractivity contribution in [2.45, 2.75) is 19.4 Å². The lowest BCUT2D eigenvalue weighted by molar-refractivity contribution is 0.0512. The van der Waals surface area contributed by atoms with Crippen LogP contribution in [0.4, 0.5) is 0 Å². The van der Waals surface area contributed by atoms with Gasteiger partial charge in [0, 0.05) is 25.6 Å². The van der Waals surface area contributed by atoms with Gasteiger partial charge in [-0.2, -0.15) is 0 Å². The van der Waals surface area contributed by atoms with Gasteiger partial charge < -0.3 is 20.3 Å². The summed E-state index contributed by atoms with van der Waals surface area (Å²) in [4.78, 5) is 15.4. The second-order valence-corrected chi connectivity index (χ2v) is 7.29. The van der Waals surface area contributed by atoms with Crippen molar-refractivity contribution >= 4 is 42.1 Å². The third kappa shape index (κ3) is 6.50. The van der Waals surface area contributed by atoms with Crippen molar-refractivity contribution in [1.29, 1.82) is 0 Å². The molecule has 0 saturated carbocycles. The van der Waals surface area contributed by atoms with E-state index in [1.807, 2.05) is 25.5 Å². The lowest BCUT2D eigenvalue weighted by atomic mass is 9.79. The Balaban J connectivity index is 0.00000264. The van der Waals surface area contributed by atoms with E-state index in [1.54, 1.807) is 7.11 Å². The molecule has 1 aliphatic heterocycles. The Morgan fingerprint density at radius 2 is 2.04 bits per heavy atom. The number of nitrogens with one attached hydrogen (secondary N) is 2. The minimum atomic E-state index is 0. The molecule has 5 nitrogen and oxygen atoms in total. The summed E-state index contributed by atoms with van der Waals surface area (Å²) in [5.41, 5.74) is 1.16. The van der Waals surface area contributed by atoms with E-state index in [-0.39, 0.29) is 36.1 Å². The maximum Gasteiger partial charge on any atom is 0.261 e. The molecular formula is C16H29Cl2N3O2S. The number of piperidine rings is 1. The van der Waals surface area contributed by atoms with Crippen LogP contribution in [0, 0.1) is 5.41 Å². The average molecular weight is 398 g/mol. The summed E-state index contributed by atoms with van der Waals surface area (Å²) in [5.74, 6) is 0.0425. The first-order valence-electron chi connectivity index (χ1n) is 7.75. The molecule has 0 atom stereocenters. The molecule has 8 heteroatoms. The zero-order chi connectivity index (χ0) is 16.0. The first-order chi connectivity index (χ1) is 10.6. The molecule has 2 rings (SSSR count). The summed E-state index contributed by atoms with van der Waals surface area (Å²) in [6.45, 7) is 4.15. The van der Waals surface area contributed by atoms with Crippen LogP contribution in [0.5, 0.6) is 0 Å². The topological polar surface area (TPSA) is 53.6 Å². The normalized spacial score (nSPS) is 16.2. The van der Waals surface area contributed by atoms with Crippen molar-refractivity contribution < 1.29 is 9.53 Å². The summed E-state index contributed by atoms with van der Waals surface area (Å²) in [5, 5.41) is 8.50. The van der Waals surface area contributed by atoms with Gasteiger partial charge in [0.25, 0.3) is 5.91 Å². The number of rotatable bonds is 7. The molecule has 1 aromatic rings. The quantitative estimate of drug-likeness (QED) is 0.741. The van der Waals surface area contributed by atoms with Crippen molar-refractivity contribution in [3.8, 4) is 0 Å². The van der Waals surface area contributed by atoms with E-state index in [2.05, 4.69) is 15.5 Å². The fraction of sp³-hybridized carbons (Fsp3) is 0.688. The van der Waals surface area contributed by atoms with Gasteiger partial charge in [0.1, 0.15) is 0 Å². The van der Waals surface area contributed by atoms with Crippen LogP contribution in [-0.4, -0.2) is 58.3 Å². The van der Waals surface area contributed by atoms with Gasteiger partial charge in [-0.15, -0.1) is 36.2 Å². The maximum atomic E-state index is 12.5. The van der Waals surface area contributed by atoms with Crippen LogP contribution in [0.15, 0.2) is 11.4 Å². The van der Waals surface area contributed by atoms with Crippen molar-refractivity contribution in [3.05, 3.63) is 21.9 Å². The second kappa shape index (κ2) is 11.3. The van der Waals surface area contributed by atoms with Crippen LogP contribution in [0.1, 0.15) is 28.1 Å². The predicted octanol–water partition coefficient (Wildman–Crippen LogP) is 2.40. The molecule has 140 valence electrons. The summed E-state index contributed by atoms with van der Waals surface area (Å²) >= 11 is 1.52. The SMILES string of the molecule is COCC1(CNC(=O)c2sccc2CN(C)C)CCNCC1.Cl.Cl. The number of halogens is 2. The number of carbonyl (C=O) groups excluding carboxylic acids is 1. The van der Waals surface area contributed by atoms with E-state index in [4.69, 9.17) is 4.74 Å². The van der Waals surface area contributed by atoms with Gasteiger partial charge in [0.2, 0.25) is 0 Å². The minimum Gasteiger partial charge on any atom is -0.384 e. The van der Waals surface area contributed by atoms with Gasteiger partial charge in [0.05, 0.1) is 11.5 Å². The Bertz CT molecular complexity index is 486. The molecule has 24 heavy (non-hydrogen) atoms. The van der Waals surface area contributed by atoms with Gasteiger partial charge in [-0.05, 0) is 57.0 Å². The molecule has 0 spiro atoms. The number of hydrogen-bond acceptors (Lipinski definition) is 5. The smallest absolute Gasteiger partial charge is 0.261 e. The van der Waals surface area contributed by atoms with Crippen molar-refractivity contribution in [3.63, 3.8) is 0 Å². The monoisotopic (exact) mass is 397 g/mol. The fourth-order valence-electron chi connectivity index (χ4n) is 2.98. The highest BCUT2D eigenvalue weighted by molar-refractivity contribution is 7.12. The third-order valence-electron chi connectivity index (χ3n) is 4.18. The van der Waals surface area contributed by atoms with Crippen LogP contribution in [0.25, 0.3) is 0 Å². The Morgan fingerprint density at radius 3 is 2.62 bits per heavy atom. The molecule has 1 aromatic heterocycles. The maximum absolute atomic E-state index is 12.5. The Labute approximate surface area is 161 Å². The molecule has 0 radical (unpaired) electrons. The standard InChI is InChI=1S/C16H27N3O2S.2ClH/c1-19(2)10-13-4-9-22-14(13)15(20)18-11-16(12-21-3)5-7-17-8-6-16;;/h4,9,17H,5-8,10-12H2,1-3H3,(H,18,20);2*1H. The molecule has 1 aliphatic rings. The highest BCUT2D eigenvalue weighted by atomic mass is 35.5. The first-order valence-corrected chi connectivity index (χ1v) is 8.63. The fourth-order valence-corrected chi connectivity index (χ4v) is 3.82. The lowest BCUT2D eigenvalue weighted by Gasteiger charge is -2.37. The van der Waals surface area contributed by atoms with Crippen LogP contribution < -0.4 is 10.6 Å². The number of thiophene rings is 1. The van der Waals surface area contributed by atoms with Crippen LogP contribution in [0.2, 0.25) is 0 Å². The largest absolute Gasteiger partial charge is 0.384 e. The van der Waals surface area contributed by atoms with Crippen molar-refractivity contribution in [2.75, 3.05) is 47.4 Å². The molecule has 1 amide bonds. The van der Waals surface area contributed by atoms with E-state index >= 15 is 0 Å². The Morgan fingerprint density at radius 1 is 1.38 bits per heavy atom. The molecule has 2 heterocycles. The van der Waals surface area contributed by atoms with Crippen molar-refractivity contribution in [2.24, 2.45) is 5.41 Å². The number of hydrogen-bond donors (Lipinski definition) is 2. The van der Waals surface area contributed by atoms with Gasteiger partial charge in [-0.3, -0.25) is 4.79 Å². The Hall–Kier alpha value is -0.370. The van der Waals surface area contributed by atoms with E-state index < -0.39 is 0 Å². The van der Waals surface area contributed by atoms with E-state index in [0.29, 0.717) is 13.2 Å². The molecule has 1 saturated heterocycles. The van der Waals surface area contributed by atoms with E-state index in [1.165, 1.54) is 11.3 Å². The zero-order valence-electron chi connectivity index (χ0n) is 14.6. The summed E-state index contributed by atoms with van der Waals surface area (Å²) in [7, 11) is 5.77. The minimum absolute atomic E-state index is 0. The van der Waals surface area contributed by atoms with Crippen LogP contribution in [0.3, 0.4) is 0 Å². The molecule has 0 unspecified atom stereocenters. The molecule has 0 bridgehead atoms. The average Bonchev–Trinajstić information content (AvgIpc) is 2.93. The second-order valence-electron chi connectivity index (χ2n) is 6.38. The summed E-state index contributed by atoms with van der Waals surface area (Å²) < 4.78 is 5.40. The van der Waals surface area contributed by atoms with E-state index in [9.17, 15) is 4.79 Å². The highest BCUT2D eigenvalue weighted by Gasteiger charge is 2.32. The van der Waals surface area contributed by atoms with Crippen LogP contribution in [-0.2, 0) is 11.3 Å². The van der Waals surface area contributed by atoms with E-state index in [0.717, 1.165) is 42.9 Å². The van der Waals surface area contributed by atoms with Crippen LogP contribution >= 0.6 is 36.2 Å². The Kier molecular flexibility index (Phi) is 11.1. The zero-order valence-corrected chi connectivity index (χ0v) is 17.0. The number of methoxy groups -OCH3 is 1. The van der Waals surface area contributed by atoms with Gasteiger partial charge >= 0.3 is 0 Å². The molecule has 2 N–H and O–H groups in total. The highest BCUT2D eigenvalue weighted by Crippen LogP contribution is 2.28. The predicted molar refractivity (Wildman–Crippen MR) is 105 cm³/mol. The van der Waals surface area contributed by atoms with Gasteiger partial charge in [-0.1, -0.05) is 0 Å². The molecular weight excluding hydrogens is 369 g/mol. The number of carbonyl (C=O) groups is 1. The van der Waals surface area contributed by atoms with Gasteiger partial charge in [0.15, 0.2) is 0 Å². The third-order valence-corrected chi connectivity index (χ3v) is 5.13. The van der Waals surface area contributed by atoms with Gasteiger partial charge in [-0.25, -0.2) is 0 Å². The number of ether oxygens (including phenoxy) is 1. The number of nitrogens with zero attached hydrogens (tertiary/aromatic N) is 1. The number of amides is 1. The molecule has 0 aromatic carbocycles. The first kappa shape index (κ1) is 23.6. The van der Waals surface area contributed by atoms with Crippen molar-refractivity contribution in [1.82, 2.24) is 15.5 Å². The molecule has 1 fully saturated rings. The lowest BCUT2D eigenvalue weighted by Crippen LogP contribution is -2.47. The molecule has 0 aliphatic carbocycles. The summed E-state index contributed by atoms with van der Waals surface area (Å²) in [6.07, 6.45) is 2.08. The summed E-state index contributed by atoms with van der Waals surface area (Å²) in [6, 6.07) is 2.04.